The molecule has 2 aromatic rings. The lowest BCUT2D eigenvalue weighted by Gasteiger charge is -2.32. The second kappa shape index (κ2) is 8.51. The lowest BCUT2D eigenvalue weighted by Crippen LogP contribution is -2.42. The highest BCUT2D eigenvalue weighted by Gasteiger charge is 2.31. The first-order chi connectivity index (χ1) is 14.8. The van der Waals surface area contributed by atoms with Crippen LogP contribution in [0, 0.1) is 6.92 Å². The van der Waals surface area contributed by atoms with Gasteiger partial charge in [-0.1, -0.05) is 18.6 Å². The van der Waals surface area contributed by atoms with Gasteiger partial charge in [0.25, 0.3) is 5.91 Å². The fourth-order valence-electron chi connectivity index (χ4n) is 4.11. The molecule has 2 aliphatic rings. The summed E-state index contributed by atoms with van der Waals surface area (Å²) in [5, 5.41) is 2.97. The van der Waals surface area contributed by atoms with Crippen molar-refractivity contribution in [2.75, 3.05) is 13.3 Å². The number of amides is 1. The van der Waals surface area contributed by atoms with Crippen molar-refractivity contribution in [2.24, 2.45) is 0 Å². The van der Waals surface area contributed by atoms with E-state index < -0.39 is 10.0 Å². The Labute approximate surface area is 183 Å². The van der Waals surface area contributed by atoms with E-state index in [-0.39, 0.29) is 29.7 Å². The highest BCUT2D eigenvalue weighted by molar-refractivity contribution is 7.89. The molecule has 2 atom stereocenters. The minimum absolute atomic E-state index is 0.0386. The summed E-state index contributed by atoms with van der Waals surface area (Å²) in [6.07, 6.45) is 2.74. The van der Waals surface area contributed by atoms with Crippen LogP contribution in [-0.2, 0) is 10.0 Å². The predicted octanol–water partition coefficient (Wildman–Crippen LogP) is 3.78. The molecule has 31 heavy (non-hydrogen) atoms. The fourth-order valence-corrected chi connectivity index (χ4v) is 5.84. The molecule has 1 amide bonds. The first-order valence-electron chi connectivity index (χ1n) is 10.6. The molecule has 1 N–H and O–H groups in total. The van der Waals surface area contributed by atoms with Crippen LogP contribution in [0.2, 0.25) is 0 Å². The van der Waals surface area contributed by atoms with Crippen LogP contribution in [0.1, 0.15) is 60.6 Å². The molecule has 1 saturated heterocycles. The number of nitrogens with zero attached hydrogens (tertiary/aromatic N) is 1. The Bertz CT molecular complexity index is 1100. The number of benzene rings is 2. The van der Waals surface area contributed by atoms with E-state index in [9.17, 15) is 13.2 Å². The van der Waals surface area contributed by atoms with E-state index in [1.165, 1.54) is 6.07 Å². The van der Waals surface area contributed by atoms with Gasteiger partial charge in [-0.25, -0.2) is 8.42 Å². The third kappa shape index (κ3) is 4.27. The van der Waals surface area contributed by atoms with Gasteiger partial charge in [-0.05, 0) is 69.0 Å². The molecule has 2 aliphatic heterocycles. The number of carbonyl (C=O) groups is 1. The second-order valence-electron chi connectivity index (χ2n) is 8.25. The molecule has 2 heterocycles. The summed E-state index contributed by atoms with van der Waals surface area (Å²) < 4.78 is 38.7. The van der Waals surface area contributed by atoms with Crippen molar-refractivity contribution in [3.05, 3.63) is 53.1 Å². The van der Waals surface area contributed by atoms with Crippen molar-refractivity contribution in [1.29, 1.82) is 0 Å². The Balaban J connectivity index is 1.56. The lowest BCUT2D eigenvalue weighted by atomic mass is 10.1. The topological polar surface area (TPSA) is 84.9 Å². The van der Waals surface area contributed by atoms with Gasteiger partial charge < -0.3 is 14.8 Å². The van der Waals surface area contributed by atoms with Gasteiger partial charge in [0.1, 0.15) is 0 Å². The van der Waals surface area contributed by atoms with E-state index in [0.717, 1.165) is 30.4 Å². The molecule has 0 aromatic heterocycles. The van der Waals surface area contributed by atoms with E-state index in [1.54, 1.807) is 23.4 Å². The van der Waals surface area contributed by atoms with Crippen molar-refractivity contribution in [3.8, 4) is 11.5 Å². The SMILES string of the molecule is Cc1ccc(S(=O)(=O)N2CCCC[C@H]2C)cc1C(=O)N[C@@H](C)c1ccc2c(c1)OCO2. The lowest BCUT2D eigenvalue weighted by molar-refractivity contribution is 0.0939. The first-order valence-corrected chi connectivity index (χ1v) is 12.0. The van der Waals surface area contributed by atoms with Crippen molar-refractivity contribution in [1.82, 2.24) is 9.62 Å². The Morgan fingerprint density at radius 1 is 1.13 bits per heavy atom. The number of carbonyl (C=O) groups excluding carboxylic acids is 1. The molecular weight excluding hydrogens is 416 g/mol. The van der Waals surface area contributed by atoms with Crippen LogP contribution in [0.4, 0.5) is 0 Å². The molecule has 7 nitrogen and oxygen atoms in total. The number of hydrogen-bond donors (Lipinski definition) is 1. The van der Waals surface area contributed by atoms with Crippen LogP contribution in [0.3, 0.4) is 0 Å². The number of rotatable bonds is 5. The van der Waals surface area contributed by atoms with Crippen LogP contribution in [0.15, 0.2) is 41.3 Å². The molecule has 0 bridgehead atoms. The average molecular weight is 445 g/mol. The fraction of sp³-hybridized carbons (Fsp3) is 0.435. The summed E-state index contributed by atoms with van der Waals surface area (Å²) in [6.45, 7) is 6.32. The molecule has 2 aromatic carbocycles. The van der Waals surface area contributed by atoms with Gasteiger partial charge in [0.15, 0.2) is 11.5 Å². The molecule has 166 valence electrons. The van der Waals surface area contributed by atoms with E-state index >= 15 is 0 Å². The molecule has 0 aliphatic carbocycles. The summed E-state index contributed by atoms with van der Waals surface area (Å²) in [5.74, 6) is 1.02. The normalized spacial score (nSPS) is 19.8. The predicted molar refractivity (Wildman–Crippen MR) is 117 cm³/mol. The second-order valence-corrected chi connectivity index (χ2v) is 10.1. The van der Waals surface area contributed by atoms with Gasteiger partial charge in [-0.3, -0.25) is 4.79 Å². The Morgan fingerprint density at radius 3 is 2.68 bits per heavy atom. The number of ether oxygens (including phenoxy) is 2. The summed E-state index contributed by atoms with van der Waals surface area (Å²) in [6, 6.07) is 9.99. The third-order valence-corrected chi connectivity index (χ3v) is 8.06. The molecule has 0 spiro atoms. The van der Waals surface area contributed by atoms with Crippen molar-refractivity contribution in [3.63, 3.8) is 0 Å². The standard InChI is InChI=1S/C23H28N2O5S/c1-15-7-9-19(31(27,28)25-11-5-4-6-16(25)2)13-20(15)23(26)24-17(3)18-8-10-21-22(12-18)30-14-29-21/h7-10,12-13,16-17H,4-6,11,14H2,1-3H3,(H,24,26)/t16-,17+/m1/s1. The maximum atomic E-state index is 13.2. The van der Waals surface area contributed by atoms with Crippen LogP contribution in [0.25, 0.3) is 0 Å². The van der Waals surface area contributed by atoms with Gasteiger partial charge >= 0.3 is 0 Å². The monoisotopic (exact) mass is 444 g/mol. The molecule has 4 rings (SSSR count). The van der Waals surface area contributed by atoms with E-state index in [2.05, 4.69) is 5.32 Å². The third-order valence-electron chi connectivity index (χ3n) is 6.05. The quantitative estimate of drug-likeness (QED) is 0.759. The molecule has 0 unspecified atom stereocenters. The van der Waals surface area contributed by atoms with Crippen molar-refractivity contribution < 1.29 is 22.7 Å². The smallest absolute Gasteiger partial charge is 0.252 e. The average Bonchev–Trinajstić information content (AvgIpc) is 3.22. The largest absolute Gasteiger partial charge is 0.454 e. The van der Waals surface area contributed by atoms with Crippen molar-refractivity contribution in [2.45, 2.75) is 57.0 Å². The van der Waals surface area contributed by atoms with Crippen LogP contribution in [-0.4, -0.2) is 38.0 Å². The zero-order chi connectivity index (χ0) is 22.2. The molecule has 1 fully saturated rings. The van der Waals surface area contributed by atoms with Gasteiger partial charge in [0.2, 0.25) is 16.8 Å². The van der Waals surface area contributed by atoms with Crippen molar-refractivity contribution >= 4 is 15.9 Å². The summed E-state index contributed by atoms with van der Waals surface area (Å²) in [7, 11) is -3.65. The molecule has 0 saturated carbocycles. The highest BCUT2D eigenvalue weighted by Crippen LogP contribution is 2.34. The Hall–Kier alpha value is -2.58. The maximum absolute atomic E-state index is 13.2. The summed E-state index contributed by atoms with van der Waals surface area (Å²) in [4.78, 5) is 13.2. The van der Waals surface area contributed by atoms with Crippen LogP contribution >= 0.6 is 0 Å². The van der Waals surface area contributed by atoms with E-state index in [0.29, 0.717) is 23.6 Å². The number of nitrogens with one attached hydrogen (secondary N) is 1. The van der Waals surface area contributed by atoms with Gasteiger partial charge in [-0.2, -0.15) is 4.31 Å². The Morgan fingerprint density at radius 2 is 1.90 bits per heavy atom. The number of piperidine rings is 1. The van der Waals surface area contributed by atoms with Crippen LogP contribution < -0.4 is 14.8 Å². The number of aryl methyl sites for hydroxylation is 1. The number of sulfonamides is 1. The van der Waals surface area contributed by atoms with E-state index in [1.807, 2.05) is 32.0 Å². The molecule has 0 radical (unpaired) electrons. The van der Waals surface area contributed by atoms with Gasteiger partial charge in [0.05, 0.1) is 10.9 Å². The number of hydrogen-bond acceptors (Lipinski definition) is 5. The number of fused-ring (bicyclic) bond motifs is 1. The minimum atomic E-state index is -3.65. The summed E-state index contributed by atoms with van der Waals surface area (Å²) in [5.41, 5.74) is 1.96. The minimum Gasteiger partial charge on any atom is -0.454 e. The van der Waals surface area contributed by atoms with E-state index in [4.69, 9.17) is 9.47 Å². The zero-order valence-electron chi connectivity index (χ0n) is 18.1. The maximum Gasteiger partial charge on any atom is 0.252 e. The van der Waals surface area contributed by atoms with Crippen LogP contribution in [0.5, 0.6) is 11.5 Å². The molecular formula is C23H28N2O5S. The van der Waals surface area contributed by atoms with Gasteiger partial charge in [0, 0.05) is 18.2 Å². The first kappa shape index (κ1) is 21.6. The Kier molecular flexibility index (Phi) is 5.94. The van der Waals surface area contributed by atoms with Gasteiger partial charge in [-0.15, -0.1) is 0 Å². The zero-order valence-corrected chi connectivity index (χ0v) is 18.9. The molecule has 8 heteroatoms. The highest BCUT2D eigenvalue weighted by atomic mass is 32.2. The summed E-state index contributed by atoms with van der Waals surface area (Å²) >= 11 is 0.